The summed E-state index contributed by atoms with van der Waals surface area (Å²) in [5.41, 5.74) is 0.510. The molecule has 3 aliphatic rings. The van der Waals surface area contributed by atoms with E-state index in [2.05, 4.69) is 36.7 Å². The summed E-state index contributed by atoms with van der Waals surface area (Å²) in [7, 11) is 0. The maximum Gasteiger partial charge on any atom is 0.328 e. The van der Waals surface area contributed by atoms with Gasteiger partial charge in [0.05, 0.1) is 34.5 Å². The Bertz CT molecular complexity index is 1390. The molecule has 3 unspecified atom stereocenters. The van der Waals surface area contributed by atoms with Gasteiger partial charge in [-0.15, -0.1) is 11.3 Å². The van der Waals surface area contributed by atoms with E-state index in [1.807, 2.05) is 11.8 Å². The molecule has 2 N–H and O–H groups in total. The molecular weight excluding hydrogens is 552 g/mol. The molecule has 4 amide bonds. The predicted molar refractivity (Wildman–Crippen MR) is 125 cm³/mol. The van der Waals surface area contributed by atoms with Crippen LogP contribution in [-0.4, -0.2) is 57.8 Å². The fourth-order valence-corrected chi connectivity index (χ4v) is 6.87. The Morgan fingerprint density at radius 2 is 2.00 bits per heavy atom. The summed E-state index contributed by atoms with van der Waals surface area (Å²) in [6, 6.07) is -1.57. The molecular formula is C20H16BrClN6O5S. The summed E-state index contributed by atoms with van der Waals surface area (Å²) >= 11 is 11.6. The van der Waals surface area contributed by atoms with Gasteiger partial charge >= 0.3 is 6.03 Å². The van der Waals surface area contributed by atoms with Gasteiger partial charge in [0.2, 0.25) is 17.4 Å². The number of fused-ring (bicyclic) bond motifs is 5. The standard InChI is InChI=1S/C20H16BrClN6O5S/c1-6-5-28-13-8(3-20(15(28)7(2)32-6)16(29)25-19(31)26-17(20)30)24-12-11(9-4-23-18(21)34-9)27-33-14(12)10(13)22/h4,6-7,15H,3,5H2,1-2H3,(H2,25,26,29,30,31). The minimum atomic E-state index is -1.64. The van der Waals surface area contributed by atoms with E-state index in [0.717, 1.165) is 0 Å². The number of barbiturate groups is 1. The van der Waals surface area contributed by atoms with Crippen LogP contribution in [0.4, 0.5) is 10.5 Å². The largest absolute Gasteiger partial charge is 0.372 e. The number of rotatable bonds is 1. The number of urea groups is 1. The molecule has 14 heteroatoms. The number of halogens is 2. The lowest BCUT2D eigenvalue weighted by Crippen LogP contribution is -2.75. The summed E-state index contributed by atoms with van der Waals surface area (Å²) in [4.78, 5) is 50.0. The van der Waals surface area contributed by atoms with E-state index in [9.17, 15) is 14.4 Å². The number of carbonyl (C=O) groups excluding carboxylic acids is 3. The number of thiazole rings is 1. The number of nitrogens with one attached hydrogen (secondary N) is 2. The summed E-state index contributed by atoms with van der Waals surface area (Å²) in [6.45, 7) is 4.05. The zero-order valence-electron chi connectivity index (χ0n) is 17.7. The third-order valence-electron chi connectivity index (χ3n) is 6.49. The second-order valence-corrected chi connectivity index (χ2v) is 11.2. The molecule has 1 spiro atoms. The van der Waals surface area contributed by atoms with E-state index >= 15 is 0 Å². The first-order chi connectivity index (χ1) is 16.2. The van der Waals surface area contributed by atoms with Crippen LogP contribution >= 0.6 is 38.9 Å². The molecule has 6 rings (SSSR count). The van der Waals surface area contributed by atoms with Crippen LogP contribution in [0.1, 0.15) is 19.5 Å². The predicted octanol–water partition coefficient (Wildman–Crippen LogP) is 2.65. The van der Waals surface area contributed by atoms with Crippen molar-refractivity contribution in [3.8, 4) is 10.6 Å². The van der Waals surface area contributed by atoms with Gasteiger partial charge in [-0.2, -0.15) is 0 Å². The molecule has 34 heavy (non-hydrogen) atoms. The van der Waals surface area contributed by atoms with Crippen molar-refractivity contribution in [3.63, 3.8) is 0 Å². The van der Waals surface area contributed by atoms with Crippen molar-refractivity contribution in [1.82, 2.24) is 25.8 Å². The monoisotopic (exact) mass is 566 g/mol. The Morgan fingerprint density at radius 1 is 1.26 bits per heavy atom. The number of hydrogen-bond acceptors (Lipinski definition) is 10. The second kappa shape index (κ2) is 7.44. The van der Waals surface area contributed by atoms with E-state index in [1.54, 1.807) is 13.1 Å². The van der Waals surface area contributed by atoms with Crippen molar-refractivity contribution in [2.45, 2.75) is 38.5 Å². The number of hydrogen-bond donors (Lipinski definition) is 2. The zero-order valence-corrected chi connectivity index (χ0v) is 20.9. The van der Waals surface area contributed by atoms with Crippen LogP contribution in [0.2, 0.25) is 5.02 Å². The number of pyridine rings is 1. The van der Waals surface area contributed by atoms with Gasteiger partial charge in [0.1, 0.15) is 10.5 Å². The fourth-order valence-electron chi connectivity index (χ4n) is 5.28. The Hall–Kier alpha value is -2.61. The summed E-state index contributed by atoms with van der Waals surface area (Å²) in [5, 5.41) is 8.97. The quantitative estimate of drug-likeness (QED) is 0.425. The molecule has 0 saturated carbocycles. The molecule has 0 bridgehead atoms. The van der Waals surface area contributed by atoms with Gasteiger partial charge in [-0.25, -0.2) is 14.8 Å². The van der Waals surface area contributed by atoms with Gasteiger partial charge in [0, 0.05) is 19.2 Å². The molecule has 3 aliphatic heterocycles. The molecule has 2 fully saturated rings. The van der Waals surface area contributed by atoms with E-state index in [0.29, 0.717) is 43.5 Å². The highest BCUT2D eigenvalue weighted by Gasteiger charge is 2.63. The molecule has 0 aliphatic carbocycles. The average Bonchev–Trinajstić information content (AvgIpc) is 3.37. The first kappa shape index (κ1) is 21.9. The first-order valence-corrected chi connectivity index (χ1v) is 12.4. The fraction of sp³-hybridized carbons (Fsp3) is 0.400. The van der Waals surface area contributed by atoms with Gasteiger partial charge in [-0.1, -0.05) is 16.8 Å². The molecule has 6 heterocycles. The van der Waals surface area contributed by atoms with Crippen LogP contribution in [0.25, 0.3) is 21.7 Å². The minimum Gasteiger partial charge on any atom is -0.372 e. The third-order valence-corrected chi connectivity index (χ3v) is 8.32. The van der Waals surface area contributed by atoms with Gasteiger partial charge < -0.3 is 14.2 Å². The van der Waals surface area contributed by atoms with Crippen LogP contribution in [0.5, 0.6) is 0 Å². The van der Waals surface area contributed by atoms with Gasteiger partial charge in [-0.3, -0.25) is 20.2 Å². The summed E-state index contributed by atoms with van der Waals surface area (Å²) in [6.07, 6.45) is 0.825. The average molecular weight is 568 g/mol. The normalized spacial score (nSPS) is 25.8. The molecule has 2 saturated heterocycles. The van der Waals surface area contributed by atoms with Gasteiger partial charge in [0.15, 0.2) is 15.0 Å². The van der Waals surface area contributed by atoms with Crippen LogP contribution in [-0.2, 0) is 20.7 Å². The van der Waals surface area contributed by atoms with E-state index in [1.165, 1.54) is 11.3 Å². The smallest absolute Gasteiger partial charge is 0.328 e. The first-order valence-electron chi connectivity index (χ1n) is 10.4. The molecule has 3 aromatic rings. The lowest BCUT2D eigenvalue weighted by Gasteiger charge is -2.55. The SMILES string of the molecule is CC1CN2c3c(nc4c(-c5cnc(Br)s5)noc4c3Cl)CC3(C(=O)NC(=O)NC3=O)C2C(C)O1. The molecule has 11 nitrogen and oxygen atoms in total. The molecule has 0 radical (unpaired) electrons. The van der Waals surface area contributed by atoms with Crippen LogP contribution in [0.3, 0.4) is 0 Å². The molecule has 0 aromatic carbocycles. The number of morpholine rings is 1. The minimum absolute atomic E-state index is 0.0802. The Morgan fingerprint density at radius 3 is 2.68 bits per heavy atom. The summed E-state index contributed by atoms with van der Waals surface area (Å²) in [5.74, 6) is -1.39. The highest BCUT2D eigenvalue weighted by molar-refractivity contribution is 9.11. The molecule has 3 atom stereocenters. The van der Waals surface area contributed by atoms with Crippen LogP contribution in [0.15, 0.2) is 14.6 Å². The van der Waals surface area contributed by atoms with Crippen molar-refractivity contribution in [3.05, 3.63) is 20.8 Å². The number of nitrogens with zero attached hydrogens (tertiary/aromatic N) is 4. The van der Waals surface area contributed by atoms with Crippen molar-refractivity contribution >= 4 is 73.5 Å². The second-order valence-electron chi connectivity index (χ2n) is 8.54. The zero-order chi connectivity index (χ0) is 23.9. The van der Waals surface area contributed by atoms with Gasteiger partial charge in [0.25, 0.3) is 0 Å². The Balaban J connectivity index is 1.60. The Labute approximate surface area is 209 Å². The lowest BCUT2D eigenvalue weighted by molar-refractivity contribution is -0.153. The van der Waals surface area contributed by atoms with Crippen LogP contribution in [0, 0.1) is 5.41 Å². The number of imide groups is 2. The highest BCUT2D eigenvalue weighted by Crippen LogP contribution is 2.50. The van der Waals surface area contributed by atoms with Crippen molar-refractivity contribution in [1.29, 1.82) is 0 Å². The highest BCUT2D eigenvalue weighted by atomic mass is 79.9. The topological polar surface area (TPSA) is 140 Å². The summed E-state index contributed by atoms with van der Waals surface area (Å²) < 4.78 is 12.3. The van der Waals surface area contributed by atoms with E-state index in [-0.39, 0.29) is 17.5 Å². The maximum absolute atomic E-state index is 13.3. The number of carbonyl (C=O) groups is 3. The van der Waals surface area contributed by atoms with Crippen molar-refractivity contribution in [2.24, 2.45) is 5.41 Å². The number of aromatic nitrogens is 3. The van der Waals surface area contributed by atoms with Crippen LogP contribution < -0.4 is 15.5 Å². The van der Waals surface area contributed by atoms with E-state index in [4.69, 9.17) is 25.8 Å². The molecule has 3 aromatic heterocycles. The maximum atomic E-state index is 13.3. The number of anilines is 1. The van der Waals surface area contributed by atoms with E-state index < -0.39 is 35.4 Å². The van der Waals surface area contributed by atoms with Gasteiger partial charge in [-0.05, 0) is 29.8 Å². The number of amides is 4. The van der Waals surface area contributed by atoms with Crippen molar-refractivity contribution < 1.29 is 23.6 Å². The third kappa shape index (κ3) is 2.90. The molecule has 176 valence electrons. The Kier molecular flexibility index (Phi) is 4.79. The number of ether oxygens (including phenoxy) is 1. The lowest BCUT2D eigenvalue weighted by atomic mass is 9.67. The van der Waals surface area contributed by atoms with Crippen molar-refractivity contribution in [2.75, 3.05) is 11.4 Å².